The molecule has 2 aromatic rings. The van der Waals surface area contributed by atoms with Crippen LogP contribution in [0.25, 0.3) is 0 Å². The van der Waals surface area contributed by atoms with Crippen LogP contribution in [-0.4, -0.2) is 37.7 Å². The second-order valence-corrected chi connectivity index (χ2v) is 6.51. The fourth-order valence-electron chi connectivity index (χ4n) is 3.83. The fourth-order valence-corrected chi connectivity index (χ4v) is 3.98. The molecule has 0 radical (unpaired) electrons. The van der Waals surface area contributed by atoms with Gasteiger partial charge in [-0.25, -0.2) is 0 Å². The zero-order chi connectivity index (χ0) is 15.1. The third kappa shape index (κ3) is 2.29. The first-order valence-electron chi connectivity index (χ1n) is 7.66. The second-order valence-electron chi connectivity index (χ2n) is 6.08. The van der Waals surface area contributed by atoms with E-state index in [4.69, 9.17) is 11.6 Å². The molecule has 0 spiro atoms. The summed E-state index contributed by atoms with van der Waals surface area (Å²) >= 11 is 5.97. The van der Waals surface area contributed by atoms with Crippen LogP contribution >= 0.6 is 11.6 Å². The van der Waals surface area contributed by atoms with E-state index in [2.05, 4.69) is 10.1 Å². The fraction of sp³-hybridized carbons (Fsp3) is 0.438. The Hall–Kier alpha value is -1.88. The largest absolute Gasteiger partial charge is 0.331 e. The summed E-state index contributed by atoms with van der Waals surface area (Å²) in [4.78, 5) is 19.0. The number of carbonyl (C=O) groups excluding carboxylic acids is 1. The Labute approximate surface area is 133 Å². The highest BCUT2D eigenvalue weighted by Gasteiger charge is 2.44. The minimum atomic E-state index is 0.0602. The van der Waals surface area contributed by atoms with Gasteiger partial charge in [0.2, 0.25) is 0 Å². The van der Waals surface area contributed by atoms with E-state index in [1.807, 2.05) is 27.9 Å². The predicted octanol–water partition coefficient (Wildman–Crippen LogP) is 2.94. The molecule has 6 heteroatoms. The first-order chi connectivity index (χ1) is 10.7. The normalized spacial score (nSPS) is 27.1. The highest BCUT2D eigenvalue weighted by atomic mass is 35.5. The summed E-state index contributed by atoms with van der Waals surface area (Å²) < 4.78 is 1.95. The quantitative estimate of drug-likeness (QED) is 0.856. The van der Waals surface area contributed by atoms with E-state index in [9.17, 15) is 4.79 Å². The molecule has 22 heavy (non-hydrogen) atoms. The number of nitrogens with zero attached hydrogens (tertiary/aromatic N) is 4. The van der Waals surface area contributed by atoms with Crippen LogP contribution in [0.15, 0.2) is 36.8 Å². The van der Waals surface area contributed by atoms with Crippen LogP contribution in [-0.2, 0) is 0 Å². The standard InChI is InChI=1S/C16H17ClN4O/c17-11-9-19-20(10-11)14-7-12-4-5-13(8-14)21(12)16(22)15-3-1-2-6-18-15/h1-3,6,9-10,12-14H,4-5,7-8H2. The number of amides is 1. The summed E-state index contributed by atoms with van der Waals surface area (Å²) in [5.41, 5.74) is 0.542. The van der Waals surface area contributed by atoms with Crippen molar-refractivity contribution < 1.29 is 4.79 Å². The van der Waals surface area contributed by atoms with Crippen LogP contribution in [0.1, 0.15) is 42.2 Å². The number of fused-ring (bicyclic) bond motifs is 2. The molecule has 2 unspecified atom stereocenters. The molecule has 114 valence electrons. The Balaban J connectivity index is 1.55. The average Bonchev–Trinajstić information content (AvgIpc) is 3.09. The van der Waals surface area contributed by atoms with Gasteiger partial charge in [-0.15, -0.1) is 0 Å². The van der Waals surface area contributed by atoms with Crippen molar-refractivity contribution in [3.05, 3.63) is 47.5 Å². The van der Waals surface area contributed by atoms with E-state index in [-0.39, 0.29) is 18.0 Å². The Morgan fingerprint density at radius 3 is 2.55 bits per heavy atom. The molecule has 0 aromatic carbocycles. The molecular weight excluding hydrogens is 300 g/mol. The molecule has 2 aromatic heterocycles. The Kier molecular flexibility index (Phi) is 3.37. The van der Waals surface area contributed by atoms with Crippen molar-refractivity contribution in [2.75, 3.05) is 0 Å². The third-order valence-electron chi connectivity index (χ3n) is 4.77. The number of hydrogen-bond acceptors (Lipinski definition) is 3. The van der Waals surface area contributed by atoms with E-state index < -0.39 is 0 Å². The average molecular weight is 317 g/mol. The van der Waals surface area contributed by atoms with Crippen molar-refractivity contribution in [2.24, 2.45) is 0 Å². The Morgan fingerprint density at radius 1 is 1.18 bits per heavy atom. The molecule has 0 saturated carbocycles. The molecule has 0 aliphatic carbocycles. The predicted molar refractivity (Wildman–Crippen MR) is 82.7 cm³/mol. The number of halogens is 1. The number of rotatable bonds is 2. The molecule has 1 amide bonds. The van der Waals surface area contributed by atoms with E-state index in [0.29, 0.717) is 16.8 Å². The second kappa shape index (κ2) is 5.39. The molecule has 0 N–H and O–H groups in total. The number of carbonyl (C=O) groups is 1. The summed E-state index contributed by atoms with van der Waals surface area (Å²) in [6, 6.07) is 6.38. The first kappa shape index (κ1) is 13.8. The number of hydrogen-bond donors (Lipinski definition) is 0. The van der Waals surface area contributed by atoms with E-state index >= 15 is 0 Å². The van der Waals surface area contributed by atoms with Gasteiger partial charge in [0.25, 0.3) is 5.91 Å². The summed E-state index contributed by atoms with van der Waals surface area (Å²) in [5, 5.41) is 5.00. The molecular formula is C16H17ClN4O. The van der Waals surface area contributed by atoms with Gasteiger partial charge in [-0.05, 0) is 37.8 Å². The zero-order valence-electron chi connectivity index (χ0n) is 12.1. The van der Waals surface area contributed by atoms with Crippen LogP contribution < -0.4 is 0 Å². The van der Waals surface area contributed by atoms with E-state index in [1.54, 1.807) is 18.5 Å². The van der Waals surface area contributed by atoms with Gasteiger partial charge in [-0.1, -0.05) is 17.7 Å². The lowest BCUT2D eigenvalue weighted by Crippen LogP contribution is -2.47. The SMILES string of the molecule is O=C(c1ccccn1)N1C2CCC1CC(n1cc(Cl)cn1)C2. The number of piperidine rings is 1. The minimum absolute atomic E-state index is 0.0602. The first-order valence-corrected chi connectivity index (χ1v) is 8.03. The molecule has 2 saturated heterocycles. The van der Waals surface area contributed by atoms with Crippen LogP contribution in [0.2, 0.25) is 5.02 Å². The molecule has 2 bridgehead atoms. The van der Waals surface area contributed by atoms with Crippen LogP contribution in [0.5, 0.6) is 0 Å². The third-order valence-corrected chi connectivity index (χ3v) is 4.97. The summed E-state index contributed by atoms with van der Waals surface area (Å²) in [6.07, 6.45) is 9.23. The maximum Gasteiger partial charge on any atom is 0.272 e. The molecule has 2 atom stereocenters. The van der Waals surface area contributed by atoms with Crippen molar-refractivity contribution in [2.45, 2.75) is 43.8 Å². The van der Waals surface area contributed by atoms with Gasteiger partial charge in [-0.3, -0.25) is 14.5 Å². The van der Waals surface area contributed by atoms with Gasteiger partial charge in [0.05, 0.1) is 17.3 Å². The van der Waals surface area contributed by atoms with Crippen LogP contribution in [0.3, 0.4) is 0 Å². The van der Waals surface area contributed by atoms with Gasteiger partial charge >= 0.3 is 0 Å². The lowest BCUT2D eigenvalue weighted by atomic mass is 9.97. The molecule has 4 rings (SSSR count). The van der Waals surface area contributed by atoms with Crippen molar-refractivity contribution >= 4 is 17.5 Å². The zero-order valence-corrected chi connectivity index (χ0v) is 12.9. The van der Waals surface area contributed by atoms with Gasteiger partial charge < -0.3 is 4.90 Å². The summed E-state index contributed by atoms with van der Waals surface area (Å²) in [6.45, 7) is 0. The van der Waals surface area contributed by atoms with Crippen molar-refractivity contribution in [1.29, 1.82) is 0 Å². The number of aromatic nitrogens is 3. The monoisotopic (exact) mass is 316 g/mol. The molecule has 5 nitrogen and oxygen atoms in total. The highest BCUT2D eigenvalue weighted by molar-refractivity contribution is 6.30. The van der Waals surface area contributed by atoms with E-state index in [1.165, 1.54) is 0 Å². The van der Waals surface area contributed by atoms with E-state index in [0.717, 1.165) is 25.7 Å². The highest BCUT2D eigenvalue weighted by Crippen LogP contribution is 2.41. The lowest BCUT2D eigenvalue weighted by molar-refractivity contribution is 0.0518. The molecule has 2 aliphatic heterocycles. The van der Waals surface area contributed by atoms with Crippen LogP contribution in [0, 0.1) is 0 Å². The maximum atomic E-state index is 12.7. The summed E-state index contributed by atoms with van der Waals surface area (Å²) in [5.74, 6) is 0.0602. The van der Waals surface area contributed by atoms with Gasteiger partial charge in [0, 0.05) is 24.5 Å². The van der Waals surface area contributed by atoms with Gasteiger partial charge in [-0.2, -0.15) is 5.10 Å². The van der Waals surface area contributed by atoms with Crippen molar-refractivity contribution in [3.63, 3.8) is 0 Å². The Morgan fingerprint density at radius 2 is 1.95 bits per heavy atom. The molecule has 2 fully saturated rings. The Bertz CT molecular complexity index is 672. The molecule has 2 aliphatic rings. The minimum Gasteiger partial charge on any atom is -0.331 e. The summed E-state index contributed by atoms with van der Waals surface area (Å²) in [7, 11) is 0. The van der Waals surface area contributed by atoms with Crippen molar-refractivity contribution in [1.82, 2.24) is 19.7 Å². The smallest absolute Gasteiger partial charge is 0.272 e. The van der Waals surface area contributed by atoms with Gasteiger partial charge in [0.15, 0.2) is 0 Å². The van der Waals surface area contributed by atoms with Crippen molar-refractivity contribution in [3.8, 4) is 0 Å². The maximum absolute atomic E-state index is 12.7. The van der Waals surface area contributed by atoms with Gasteiger partial charge in [0.1, 0.15) is 5.69 Å². The van der Waals surface area contributed by atoms with Crippen LogP contribution in [0.4, 0.5) is 0 Å². The topological polar surface area (TPSA) is 51.0 Å². The lowest BCUT2D eigenvalue weighted by Gasteiger charge is -2.38. The molecule has 4 heterocycles. The number of pyridine rings is 1.